The van der Waals surface area contributed by atoms with Crippen molar-refractivity contribution >= 4 is 0 Å². The van der Waals surface area contributed by atoms with Crippen molar-refractivity contribution in [1.82, 2.24) is 4.68 Å². The van der Waals surface area contributed by atoms with E-state index >= 15 is 0 Å². The Morgan fingerprint density at radius 1 is 1.12 bits per heavy atom. The van der Waals surface area contributed by atoms with Crippen LogP contribution in [-0.2, 0) is 6.18 Å². The molecule has 0 aliphatic carbocycles. The molecule has 1 saturated heterocycles. The largest absolute Gasteiger partial charge is 0.417 e. The van der Waals surface area contributed by atoms with Gasteiger partial charge in [0, 0.05) is 18.7 Å². The van der Waals surface area contributed by atoms with Gasteiger partial charge in [-0.05, 0) is 38.3 Å². The highest BCUT2D eigenvalue weighted by Crippen LogP contribution is 2.34. The van der Waals surface area contributed by atoms with Crippen molar-refractivity contribution in [2.75, 3.05) is 18.1 Å². The minimum absolute atomic E-state index is 0.159. The number of rotatable bonds is 2. The van der Waals surface area contributed by atoms with Crippen LogP contribution in [0.2, 0.25) is 0 Å². The first-order chi connectivity index (χ1) is 12.3. The van der Waals surface area contributed by atoms with Gasteiger partial charge >= 0.3 is 6.18 Å². The van der Waals surface area contributed by atoms with Gasteiger partial charge < -0.3 is 5.01 Å². The summed E-state index contributed by atoms with van der Waals surface area (Å²) in [4.78, 5) is 12.8. The number of pyridine rings is 1. The summed E-state index contributed by atoms with van der Waals surface area (Å²) in [5.41, 5.74) is -1.41. The fraction of sp³-hybridized carbons (Fsp3) is 0.368. The number of nitrogens with zero attached hydrogens (tertiary/aromatic N) is 3. The number of aromatic nitrogens is 1. The topological polar surface area (TPSA) is 49.0 Å². The first-order valence-electron chi connectivity index (χ1n) is 8.42. The molecular weight excluding hydrogens is 343 g/mol. The summed E-state index contributed by atoms with van der Waals surface area (Å²) in [6, 6.07) is 9.36. The summed E-state index contributed by atoms with van der Waals surface area (Å²) in [5, 5.41) is 10.9. The van der Waals surface area contributed by atoms with Crippen molar-refractivity contribution in [2.24, 2.45) is 0 Å². The maximum atomic E-state index is 13.5. The Bertz CT molecular complexity index is 919. The van der Waals surface area contributed by atoms with Gasteiger partial charge in [-0.2, -0.15) is 18.4 Å². The monoisotopic (exact) mass is 361 g/mol. The SMILES string of the molecule is Cc1cccc(-c2cc(C(F)(F)F)c(C#N)c(=O)n2N2CCCCC2)c1. The van der Waals surface area contributed by atoms with Crippen LogP contribution in [0.15, 0.2) is 35.1 Å². The highest BCUT2D eigenvalue weighted by atomic mass is 19.4. The summed E-state index contributed by atoms with van der Waals surface area (Å²) >= 11 is 0. The Kier molecular flexibility index (Phi) is 4.77. The van der Waals surface area contributed by atoms with Gasteiger partial charge in [-0.3, -0.25) is 4.79 Å². The molecule has 136 valence electrons. The first-order valence-corrected chi connectivity index (χ1v) is 8.42. The van der Waals surface area contributed by atoms with E-state index in [1.165, 1.54) is 10.7 Å². The molecule has 0 unspecified atom stereocenters. The van der Waals surface area contributed by atoms with E-state index in [0.29, 0.717) is 18.7 Å². The average Bonchev–Trinajstić information content (AvgIpc) is 2.60. The summed E-state index contributed by atoms with van der Waals surface area (Å²) in [6.45, 7) is 2.96. The molecule has 4 nitrogen and oxygen atoms in total. The zero-order chi connectivity index (χ0) is 18.9. The number of aryl methyl sites for hydroxylation is 1. The van der Waals surface area contributed by atoms with Crippen molar-refractivity contribution in [2.45, 2.75) is 32.4 Å². The molecule has 1 aliphatic rings. The molecular formula is C19H18F3N3O. The summed E-state index contributed by atoms with van der Waals surface area (Å²) in [5.74, 6) is 0. The third kappa shape index (κ3) is 3.32. The molecule has 0 saturated carbocycles. The van der Waals surface area contributed by atoms with E-state index in [1.54, 1.807) is 23.2 Å². The number of halogens is 3. The number of alkyl halides is 3. The Hall–Kier alpha value is -2.75. The number of benzene rings is 1. The smallest absolute Gasteiger partial charge is 0.310 e. The molecule has 1 aromatic carbocycles. The number of nitriles is 1. The van der Waals surface area contributed by atoms with Gasteiger partial charge in [-0.1, -0.05) is 23.8 Å². The molecule has 26 heavy (non-hydrogen) atoms. The quantitative estimate of drug-likeness (QED) is 0.817. The lowest BCUT2D eigenvalue weighted by Crippen LogP contribution is -2.47. The zero-order valence-electron chi connectivity index (χ0n) is 14.3. The lowest BCUT2D eigenvalue weighted by Gasteiger charge is -2.32. The normalized spacial score (nSPS) is 15.0. The van der Waals surface area contributed by atoms with E-state index in [0.717, 1.165) is 30.9 Å². The second-order valence-electron chi connectivity index (χ2n) is 6.43. The van der Waals surface area contributed by atoms with Crippen LogP contribution in [0.25, 0.3) is 11.3 Å². The standard InChI is InChI=1S/C19H18F3N3O/c1-13-6-5-7-14(10-13)17-11-16(19(20,21)22)15(12-23)18(26)25(17)24-8-3-2-4-9-24/h5-7,10-11H,2-4,8-9H2,1H3. The molecule has 2 aromatic rings. The molecule has 0 bridgehead atoms. The predicted molar refractivity (Wildman–Crippen MR) is 92.4 cm³/mol. The van der Waals surface area contributed by atoms with Gasteiger partial charge in [0.05, 0.1) is 11.3 Å². The molecule has 1 aliphatic heterocycles. The van der Waals surface area contributed by atoms with Gasteiger partial charge in [0.2, 0.25) is 0 Å². The Morgan fingerprint density at radius 3 is 2.38 bits per heavy atom. The zero-order valence-corrected chi connectivity index (χ0v) is 14.3. The van der Waals surface area contributed by atoms with Gasteiger partial charge in [-0.15, -0.1) is 0 Å². The molecule has 1 fully saturated rings. The Balaban J connectivity index is 2.34. The van der Waals surface area contributed by atoms with Crippen LogP contribution in [0.3, 0.4) is 0 Å². The van der Waals surface area contributed by atoms with Crippen LogP contribution < -0.4 is 10.6 Å². The molecule has 0 radical (unpaired) electrons. The van der Waals surface area contributed by atoms with Gasteiger partial charge in [0.1, 0.15) is 11.6 Å². The van der Waals surface area contributed by atoms with Crippen molar-refractivity contribution in [3.05, 3.63) is 57.4 Å². The summed E-state index contributed by atoms with van der Waals surface area (Å²) < 4.78 is 41.6. The molecule has 0 amide bonds. The van der Waals surface area contributed by atoms with E-state index in [1.807, 2.05) is 13.0 Å². The Morgan fingerprint density at radius 2 is 1.81 bits per heavy atom. The molecule has 7 heteroatoms. The molecule has 0 spiro atoms. The third-order valence-corrected chi connectivity index (χ3v) is 4.53. The molecule has 1 aromatic heterocycles. The van der Waals surface area contributed by atoms with E-state index < -0.39 is 22.9 Å². The number of hydrogen-bond donors (Lipinski definition) is 0. The highest BCUT2D eigenvalue weighted by molar-refractivity contribution is 5.63. The van der Waals surface area contributed by atoms with E-state index in [2.05, 4.69) is 0 Å². The third-order valence-electron chi connectivity index (χ3n) is 4.53. The predicted octanol–water partition coefficient (Wildman–Crippen LogP) is 3.84. The molecule has 0 N–H and O–H groups in total. The number of hydrogen-bond acceptors (Lipinski definition) is 3. The van der Waals surface area contributed by atoms with Crippen LogP contribution >= 0.6 is 0 Å². The fourth-order valence-electron chi connectivity index (χ4n) is 3.30. The minimum Gasteiger partial charge on any atom is -0.310 e. The van der Waals surface area contributed by atoms with Crippen molar-refractivity contribution in [3.8, 4) is 17.3 Å². The van der Waals surface area contributed by atoms with Gasteiger partial charge in [0.25, 0.3) is 5.56 Å². The minimum atomic E-state index is -4.77. The van der Waals surface area contributed by atoms with Crippen LogP contribution in [0.4, 0.5) is 13.2 Å². The second-order valence-corrected chi connectivity index (χ2v) is 6.43. The van der Waals surface area contributed by atoms with Crippen molar-refractivity contribution in [3.63, 3.8) is 0 Å². The van der Waals surface area contributed by atoms with E-state index in [-0.39, 0.29) is 5.69 Å². The second kappa shape index (κ2) is 6.87. The highest BCUT2D eigenvalue weighted by Gasteiger charge is 2.37. The van der Waals surface area contributed by atoms with Crippen LogP contribution in [0, 0.1) is 18.3 Å². The van der Waals surface area contributed by atoms with Gasteiger partial charge in [-0.25, -0.2) is 4.68 Å². The molecule has 2 heterocycles. The lowest BCUT2D eigenvalue weighted by atomic mass is 10.0. The van der Waals surface area contributed by atoms with E-state index in [4.69, 9.17) is 0 Å². The van der Waals surface area contributed by atoms with Gasteiger partial charge in [0.15, 0.2) is 0 Å². The summed E-state index contributed by atoms with van der Waals surface area (Å²) in [6.07, 6.45) is -2.06. The fourth-order valence-corrected chi connectivity index (χ4v) is 3.30. The van der Waals surface area contributed by atoms with Crippen LogP contribution in [-0.4, -0.2) is 17.8 Å². The van der Waals surface area contributed by atoms with Crippen LogP contribution in [0.1, 0.15) is 36.0 Å². The van der Waals surface area contributed by atoms with Crippen LogP contribution in [0.5, 0.6) is 0 Å². The maximum Gasteiger partial charge on any atom is 0.417 e. The summed E-state index contributed by atoms with van der Waals surface area (Å²) in [7, 11) is 0. The van der Waals surface area contributed by atoms with Crippen molar-refractivity contribution in [1.29, 1.82) is 5.26 Å². The maximum absolute atomic E-state index is 13.5. The molecule has 0 atom stereocenters. The van der Waals surface area contributed by atoms with E-state index in [9.17, 15) is 23.2 Å². The average molecular weight is 361 g/mol. The molecule has 3 rings (SSSR count). The lowest BCUT2D eigenvalue weighted by molar-refractivity contribution is -0.137. The van der Waals surface area contributed by atoms with Crippen molar-refractivity contribution < 1.29 is 13.2 Å². The number of piperidine rings is 1. The Labute approximate surface area is 149 Å². The first kappa shape index (κ1) is 18.1.